The minimum atomic E-state index is -0.439. The molecule has 4 rings (SSSR count). The van der Waals surface area contributed by atoms with Gasteiger partial charge in [0, 0.05) is 31.7 Å². The fourth-order valence-electron chi connectivity index (χ4n) is 3.63. The topological polar surface area (TPSA) is 76.7 Å². The van der Waals surface area contributed by atoms with Crippen molar-refractivity contribution < 1.29 is 13.9 Å². The molecule has 2 heterocycles. The molecule has 7 nitrogen and oxygen atoms in total. The molecule has 29 heavy (non-hydrogen) atoms. The van der Waals surface area contributed by atoms with Crippen molar-refractivity contribution in [3.8, 4) is 0 Å². The van der Waals surface area contributed by atoms with Gasteiger partial charge in [0.25, 0.3) is 0 Å². The predicted octanol–water partition coefficient (Wildman–Crippen LogP) is 2.70. The molecule has 152 valence electrons. The van der Waals surface area contributed by atoms with Crippen molar-refractivity contribution in [2.75, 3.05) is 31.2 Å². The average molecular weight is 395 g/mol. The van der Waals surface area contributed by atoms with E-state index in [2.05, 4.69) is 22.3 Å². The van der Waals surface area contributed by atoms with Crippen LogP contribution in [0.1, 0.15) is 24.9 Å². The first-order chi connectivity index (χ1) is 14.1. The number of nitrogens with one attached hydrogen (secondary N) is 1. The summed E-state index contributed by atoms with van der Waals surface area (Å²) in [5.41, 5.74) is 3.45. The van der Waals surface area contributed by atoms with E-state index in [1.165, 1.54) is 10.3 Å². The minimum absolute atomic E-state index is 0.105. The predicted molar refractivity (Wildman–Crippen MR) is 111 cm³/mol. The normalized spacial score (nSPS) is 15.4. The minimum Gasteiger partial charge on any atom is -0.408 e. The van der Waals surface area contributed by atoms with Gasteiger partial charge in [0.1, 0.15) is 0 Å². The lowest BCUT2D eigenvalue weighted by Crippen LogP contribution is -2.36. The van der Waals surface area contributed by atoms with Crippen LogP contribution in [0.3, 0.4) is 0 Å². The van der Waals surface area contributed by atoms with Gasteiger partial charge in [-0.05, 0) is 36.8 Å². The zero-order chi connectivity index (χ0) is 20.2. The van der Waals surface area contributed by atoms with Crippen molar-refractivity contribution >= 4 is 22.7 Å². The summed E-state index contributed by atoms with van der Waals surface area (Å²) in [4.78, 5) is 26.7. The molecule has 0 radical (unpaired) electrons. The summed E-state index contributed by atoms with van der Waals surface area (Å²) in [5.74, 6) is -0.544. The molecule has 1 fully saturated rings. The maximum atomic E-state index is 12.4. The van der Waals surface area contributed by atoms with E-state index < -0.39 is 5.76 Å². The Morgan fingerprint density at radius 3 is 2.59 bits per heavy atom. The molecule has 0 aliphatic carbocycles. The lowest BCUT2D eigenvalue weighted by Gasteiger charge is -2.29. The molecule has 1 atom stereocenters. The highest BCUT2D eigenvalue weighted by atomic mass is 16.5. The van der Waals surface area contributed by atoms with Crippen LogP contribution in [0.4, 0.5) is 5.69 Å². The Hall–Kier alpha value is -3.06. The molecule has 7 heteroatoms. The molecule has 0 spiro atoms. The summed E-state index contributed by atoms with van der Waals surface area (Å²) in [6.07, 6.45) is 0.208. The summed E-state index contributed by atoms with van der Waals surface area (Å²) < 4.78 is 12.1. The summed E-state index contributed by atoms with van der Waals surface area (Å²) in [6, 6.07) is 15.4. The van der Waals surface area contributed by atoms with Gasteiger partial charge >= 0.3 is 5.76 Å². The van der Waals surface area contributed by atoms with Gasteiger partial charge in [0.2, 0.25) is 5.91 Å². The average Bonchev–Trinajstić information content (AvgIpc) is 3.08. The lowest BCUT2D eigenvalue weighted by atomic mass is 10.1. The molecule has 3 aromatic rings. The number of rotatable bonds is 6. The zero-order valence-corrected chi connectivity index (χ0v) is 16.5. The van der Waals surface area contributed by atoms with Crippen molar-refractivity contribution in [3.63, 3.8) is 0 Å². The van der Waals surface area contributed by atoms with Crippen LogP contribution in [0.5, 0.6) is 0 Å². The molecule has 0 saturated carbocycles. The van der Waals surface area contributed by atoms with E-state index in [0.717, 1.165) is 31.9 Å². The number of fused-ring (bicyclic) bond motifs is 1. The van der Waals surface area contributed by atoms with E-state index in [4.69, 9.17) is 9.15 Å². The van der Waals surface area contributed by atoms with Crippen LogP contribution in [0.15, 0.2) is 57.7 Å². The number of carbonyl (C=O) groups excluding carboxylic acids is 1. The molecular formula is C22H25N3O4. The first-order valence-electron chi connectivity index (χ1n) is 9.92. The molecule has 0 bridgehead atoms. The van der Waals surface area contributed by atoms with Gasteiger partial charge in [-0.15, -0.1) is 0 Å². The second-order valence-corrected chi connectivity index (χ2v) is 7.22. The quantitative estimate of drug-likeness (QED) is 0.694. The third-order valence-corrected chi connectivity index (χ3v) is 5.28. The molecule has 1 N–H and O–H groups in total. The van der Waals surface area contributed by atoms with Crippen LogP contribution in [0, 0.1) is 0 Å². The van der Waals surface area contributed by atoms with Crippen LogP contribution in [0.25, 0.3) is 11.1 Å². The Bertz CT molecular complexity index is 1030. The highest BCUT2D eigenvalue weighted by Gasteiger charge is 2.14. The molecular weight excluding hydrogens is 370 g/mol. The number of ether oxygens (including phenoxy) is 1. The van der Waals surface area contributed by atoms with E-state index in [9.17, 15) is 9.59 Å². The highest BCUT2D eigenvalue weighted by molar-refractivity contribution is 5.77. The molecule has 2 aromatic carbocycles. The summed E-state index contributed by atoms with van der Waals surface area (Å²) >= 11 is 0. The number of benzene rings is 2. The van der Waals surface area contributed by atoms with E-state index in [1.807, 2.05) is 37.3 Å². The van der Waals surface area contributed by atoms with Crippen molar-refractivity contribution in [2.45, 2.75) is 25.9 Å². The van der Waals surface area contributed by atoms with Crippen LogP contribution >= 0.6 is 0 Å². The number of oxazole rings is 1. The first kappa shape index (κ1) is 19.3. The number of aromatic nitrogens is 1. The number of nitrogens with zero attached hydrogens (tertiary/aromatic N) is 2. The number of amides is 1. The van der Waals surface area contributed by atoms with Gasteiger partial charge < -0.3 is 19.4 Å². The van der Waals surface area contributed by atoms with Crippen molar-refractivity contribution in [1.29, 1.82) is 0 Å². The first-order valence-corrected chi connectivity index (χ1v) is 9.92. The number of carbonyl (C=O) groups is 1. The fraction of sp³-hybridized carbons (Fsp3) is 0.364. The van der Waals surface area contributed by atoms with Crippen LogP contribution in [-0.4, -0.2) is 36.8 Å². The largest absolute Gasteiger partial charge is 0.419 e. The zero-order valence-electron chi connectivity index (χ0n) is 16.5. The Kier molecular flexibility index (Phi) is 5.67. The second kappa shape index (κ2) is 8.53. The smallest absolute Gasteiger partial charge is 0.408 e. The second-order valence-electron chi connectivity index (χ2n) is 7.22. The van der Waals surface area contributed by atoms with Crippen LogP contribution in [-0.2, 0) is 16.1 Å². The number of para-hydroxylation sites is 2. The fourth-order valence-corrected chi connectivity index (χ4v) is 3.63. The van der Waals surface area contributed by atoms with Crippen molar-refractivity contribution in [2.24, 2.45) is 0 Å². The highest BCUT2D eigenvalue weighted by Crippen LogP contribution is 2.20. The van der Waals surface area contributed by atoms with E-state index in [0.29, 0.717) is 11.1 Å². The molecule has 1 aliphatic heterocycles. The molecule has 1 amide bonds. The summed E-state index contributed by atoms with van der Waals surface area (Å²) in [7, 11) is 0. The van der Waals surface area contributed by atoms with Gasteiger partial charge in [-0.3, -0.25) is 9.36 Å². The standard InChI is InChI=1S/C22H25N3O4/c1-16(17-6-8-18(9-7-17)24-12-14-28-15-13-24)23-21(26)10-11-25-19-4-2-3-5-20(19)29-22(25)27/h2-9,16H,10-15H2,1H3,(H,23,26). The summed E-state index contributed by atoms with van der Waals surface area (Å²) in [6.45, 7) is 5.54. The number of morpholine rings is 1. The Labute approximate surface area is 168 Å². The maximum absolute atomic E-state index is 12.4. The van der Waals surface area contributed by atoms with E-state index >= 15 is 0 Å². The van der Waals surface area contributed by atoms with E-state index in [-0.39, 0.29) is 24.9 Å². The SMILES string of the molecule is CC(NC(=O)CCn1c(=O)oc2ccccc21)c1ccc(N2CCOCC2)cc1. The Balaban J connectivity index is 1.34. The number of aryl methyl sites for hydroxylation is 1. The number of hydrogen-bond donors (Lipinski definition) is 1. The van der Waals surface area contributed by atoms with Crippen LogP contribution in [0.2, 0.25) is 0 Å². The van der Waals surface area contributed by atoms with Gasteiger partial charge in [-0.1, -0.05) is 24.3 Å². The molecule has 1 unspecified atom stereocenters. The van der Waals surface area contributed by atoms with E-state index in [1.54, 1.807) is 6.07 Å². The number of anilines is 1. The van der Waals surface area contributed by atoms with Gasteiger partial charge in [-0.2, -0.15) is 0 Å². The Morgan fingerprint density at radius 1 is 1.10 bits per heavy atom. The summed E-state index contributed by atoms with van der Waals surface area (Å²) in [5, 5.41) is 3.01. The van der Waals surface area contributed by atoms with Crippen molar-refractivity contribution in [3.05, 3.63) is 64.6 Å². The monoisotopic (exact) mass is 395 g/mol. The third kappa shape index (κ3) is 4.35. The Morgan fingerprint density at radius 2 is 1.83 bits per heavy atom. The molecule has 1 aromatic heterocycles. The maximum Gasteiger partial charge on any atom is 0.419 e. The van der Waals surface area contributed by atoms with Crippen LogP contribution < -0.4 is 16.0 Å². The third-order valence-electron chi connectivity index (χ3n) is 5.28. The lowest BCUT2D eigenvalue weighted by molar-refractivity contribution is -0.121. The number of hydrogen-bond acceptors (Lipinski definition) is 5. The van der Waals surface area contributed by atoms with Crippen molar-refractivity contribution in [1.82, 2.24) is 9.88 Å². The molecule has 1 saturated heterocycles. The van der Waals surface area contributed by atoms with Gasteiger partial charge in [0.05, 0.1) is 24.8 Å². The van der Waals surface area contributed by atoms with Gasteiger partial charge in [-0.25, -0.2) is 4.79 Å². The van der Waals surface area contributed by atoms with Gasteiger partial charge in [0.15, 0.2) is 5.58 Å². The molecule has 1 aliphatic rings.